The Morgan fingerprint density at radius 3 is 2.82 bits per heavy atom. The van der Waals surface area contributed by atoms with E-state index in [4.69, 9.17) is 0 Å². The maximum atomic E-state index is 12.9. The summed E-state index contributed by atoms with van der Waals surface area (Å²) in [5.41, 5.74) is 0.933. The Morgan fingerprint density at radius 1 is 1.27 bits per heavy atom. The molecule has 0 bridgehead atoms. The molecule has 3 nitrogen and oxygen atoms in total. The molecule has 1 aliphatic rings. The van der Waals surface area contributed by atoms with Crippen molar-refractivity contribution in [3.8, 4) is 10.4 Å². The van der Waals surface area contributed by atoms with Crippen LogP contribution < -0.4 is 10.6 Å². The Hall–Kier alpha value is -1.72. The molecule has 22 heavy (non-hydrogen) atoms. The Bertz CT molecular complexity index is 632. The molecule has 3 rings (SSSR count). The lowest BCUT2D eigenvalue weighted by Crippen LogP contribution is -2.25. The van der Waals surface area contributed by atoms with Gasteiger partial charge in [0.05, 0.1) is 4.88 Å². The van der Waals surface area contributed by atoms with Crippen molar-refractivity contribution >= 4 is 17.2 Å². The lowest BCUT2D eigenvalue weighted by Gasteiger charge is -2.08. The molecule has 0 radical (unpaired) electrons. The average Bonchev–Trinajstić information content (AvgIpc) is 3.19. The molecule has 5 heteroatoms. The standard InChI is InChI=1S/C17H19FN2OS/c18-14-3-1-13(2-4-14)15-5-6-16(22-15)17(21)20-10-8-12-7-9-19-11-12/h1-6,12,19H,7-11H2,(H,20,21). The van der Waals surface area contributed by atoms with Gasteiger partial charge in [-0.15, -0.1) is 11.3 Å². The number of rotatable bonds is 5. The van der Waals surface area contributed by atoms with Crippen LogP contribution in [0.4, 0.5) is 4.39 Å². The highest BCUT2D eigenvalue weighted by Crippen LogP contribution is 2.28. The van der Waals surface area contributed by atoms with Gasteiger partial charge in [-0.3, -0.25) is 4.79 Å². The van der Waals surface area contributed by atoms with Gasteiger partial charge in [-0.1, -0.05) is 12.1 Å². The molecule has 1 saturated heterocycles. The Kier molecular flexibility index (Phi) is 4.85. The van der Waals surface area contributed by atoms with Gasteiger partial charge in [-0.05, 0) is 61.7 Å². The second-order valence-electron chi connectivity index (χ2n) is 5.57. The lowest BCUT2D eigenvalue weighted by atomic mass is 10.1. The first-order chi connectivity index (χ1) is 10.7. The van der Waals surface area contributed by atoms with Crippen molar-refractivity contribution in [2.24, 2.45) is 5.92 Å². The molecule has 116 valence electrons. The second kappa shape index (κ2) is 7.03. The molecular weight excluding hydrogens is 299 g/mol. The summed E-state index contributed by atoms with van der Waals surface area (Å²) >= 11 is 1.44. The molecule has 0 spiro atoms. The molecule has 2 aromatic rings. The van der Waals surface area contributed by atoms with Crippen LogP contribution in [0.25, 0.3) is 10.4 Å². The van der Waals surface area contributed by atoms with Crippen LogP contribution in [0.3, 0.4) is 0 Å². The molecule has 1 aromatic heterocycles. The van der Waals surface area contributed by atoms with Crippen molar-refractivity contribution in [1.82, 2.24) is 10.6 Å². The Balaban J connectivity index is 1.55. The van der Waals surface area contributed by atoms with Gasteiger partial charge in [0, 0.05) is 11.4 Å². The number of nitrogens with one attached hydrogen (secondary N) is 2. The van der Waals surface area contributed by atoms with E-state index in [-0.39, 0.29) is 11.7 Å². The zero-order valence-corrected chi connectivity index (χ0v) is 13.1. The first kappa shape index (κ1) is 15.2. The van der Waals surface area contributed by atoms with Gasteiger partial charge in [0.1, 0.15) is 5.82 Å². The molecule has 0 saturated carbocycles. The first-order valence-corrected chi connectivity index (χ1v) is 8.39. The number of hydrogen-bond donors (Lipinski definition) is 2. The quantitative estimate of drug-likeness (QED) is 0.888. The van der Waals surface area contributed by atoms with E-state index >= 15 is 0 Å². The fourth-order valence-electron chi connectivity index (χ4n) is 2.67. The zero-order chi connectivity index (χ0) is 15.4. The number of benzene rings is 1. The third-order valence-electron chi connectivity index (χ3n) is 3.96. The third-order valence-corrected chi connectivity index (χ3v) is 5.09. The molecule has 2 heterocycles. The summed E-state index contributed by atoms with van der Waals surface area (Å²) in [4.78, 5) is 13.8. The largest absolute Gasteiger partial charge is 0.351 e. The van der Waals surface area contributed by atoms with Crippen LogP contribution in [-0.2, 0) is 0 Å². The van der Waals surface area contributed by atoms with Crippen molar-refractivity contribution < 1.29 is 9.18 Å². The van der Waals surface area contributed by atoms with Crippen LogP contribution in [0.2, 0.25) is 0 Å². The fourth-order valence-corrected chi connectivity index (χ4v) is 3.59. The van der Waals surface area contributed by atoms with Gasteiger partial charge in [0.2, 0.25) is 0 Å². The molecule has 1 aromatic carbocycles. The van der Waals surface area contributed by atoms with Crippen LogP contribution in [0, 0.1) is 11.7 Å². The van der Waals surface area contributed by atoms with Gasteiger partial charge in [0.25, 0.3) is 5.91 Å². The molecule has 1 aliphatic heterocycles. The third kappa shape index (κ3) is 3.72. The predicted molar refractivity (Wildman–Crippen MR) is 87.6 cm³/mol. The topological polar surface area (TPSA) is 41.1 Å². The van der Waals surface area contributed by atoms with Gasteiger partial charge in [-0.2, -0.15) is 0 Å². The van der Waals surface area contributed by atoms with E-state index in [0.29, 0.717) is 10.8 Å². The van der Waals surface area contributed by atoms with Crippen LogP contribution in [0.5, 0.6) is 0 Å². The minimum absolute atomic E-state index is 0.0238. The number of hydrogen-bond acceptors (Lipinski definition) is 3. The van der Waals surface area contributed by atoms with Crippen molar-refractivity contribution in [2.45, 2.75) is 12.8 Å². The lowest BCUT2D eigenvalue weighted by molar-refractivity contribution is 0.0955. The van der Waals surface area contributed by atoms with E-state index in [1.165, 1.54) is 29.9 Å². The number of halogens is 1. The highest BCUT2D eigenvalue weighted by atomic mass is 32.1. The maximum Gasteiger partial charge on any atom is 0.261 e. The van der Waals surface area contributed by atoms with Gasteiger partial charge in [0.15, 0.2) is 0 Å². The highest BCUT2D eigenvalue weighted by molar-refractivity contribution is 7.17. The number of carbonyl (C=O) groups is 1. The van der Waals surface area contributed by atoms with Crippen molar-refractivity contribution in [3.63, 3.8) is 0 Å². The van der Waals surface area contributed by atoms with Crippen LogP contribution in [0.1, 0.15) is 22.5 Å². The summed E-state index contributed by atoms with van der Waals surface area (Å²) in [6.45, 7) is 2.86. The summed E-state index contributed by atoms with van der Waals surface area (Å²) in [6.07, 6.45) is 2.22. The smallest absolute Gasteiger partial charge is 0.261 e. The minimum atomic E-state index is -0.250. The number of thiophene rings is 1. The van der Waals surface area contributed by atoms with E-state index in [1.807, 2.05) is 12.1 Å². The number of amides is 1. The fraction of sp³-hybridized carbons (Fsp3) is 0.353. The summed E-state index contributed by atoms with van der Waals surface area (Å²) in [6, 6.07) is 10.1. The SMILES string of the molecule is O=C(NCCC1CCNC1)c1ccc(-c2ccc(F)cc2)s1. The van der Waals surface area contributed by atoms with Crippen molar-refractivity contribution in [1.29, 1.82) is 0 Å². The zero-order valence-electron chi connectivity index (χ0n) is 12.3. The van der Waals surface area contributed by atoms with E-state index < -0.39 is 0 Å². The Morgan fingerprint density at radius 2 is 2.09 bits per heavy atom. The van der Waals surface area contributed by atoms with Crippen LogP contribution >= 0.6 is 11.3 Å². The molecule has 1 amide bonds. The Labute approximate surface area is 133 Å². The summed E-state index contributed by atoms with van der Waals surface area (Å²) in [7, 11) is 0. The van der Waals surface area contributed by atoms with Gasteiger partial charge < -0.3 is 10.6 Å². The van der Waals surface area contributed by atoms with Crippen molar-refractivity contribution in [3.05, 3.63) is 47.1 Å². The average molecular weight is 318 g/mol. The highest BCUT2D eigenvalue weighted by Gasteiger charge is 2.15. The second-order valence-corrected chi connectivity index (χ2v) is 6.66. The van der Waals surface area contributed by atoms with Gasteiger partial charge in [-0.25, -0.2) is 4.39 Å². The van der Waals surface area contributed by atoms with E-state index in [9.17, 15) is 9.18 Å². The minimum Gasteiger partial charge on any atom is -0.351 e. The normalized spacial score (nSPS) is 17.6. The van der Waals surface area contributed by atoms with E-state index in [1.54, 1.807) is 12.1 Å². The summed E-state index contributed by atoms with van der Waals surface area (Å²) in [5.74, 6) is 0.405. The molecule has 1 unspecified atom stereocenters. The molecule has 1 atom stereocenters. The molecule has 0 aliphatic carbocycles. The van der Waals surface area contributed by atoms with Crippen molar-refractivity contribution in [2.75, 3.05) is 19.6 Å². The maximum absolute atomic E-state index is 12.9. The summed E-state index contributed by atoms with van der Waals surface area (Å²) < 4.78 is 12.9. The number of carbonyl (C=O) groups excluding carboxylic acids is 1. The molecular formula is C17H19FN2OS. The van der Waals surface area contributed by atoms with E-state index in [0.717, 1.165) is 36.5 Å². The molecule has 2 N–H and O–H groups in total. The van der Waals surface area contributed by atoms with Crippen LogP contribution in [-0.4, -0.2) is 25.5 Å². The molecule has 1 fully saturated rings. The van der Waals surface area contributed by atoms with Gasteiger partial charge >= 0.3 is 0 Å². The monoisotopic (exact) mass is 318 g/mol. The summed E-state index contributed by atoms with van der Waals surface area (Å²) in [5, 5.41) is 6.31. The predicted octanol–water partition coefficient (Wildman–Crippen LogP) is 3.28. The van der Waals surface area contributed by atoms with E-state index in [2.05, 4.69) is 10.6 Å². The first-order valence-electron chi connectivity index (χ1n) is 7.57. The van der Waals surface area contributed by atoms with Crippen LogP contribution in [0.15, 0.2) is 36.4 Å².